The summed E-state index contributed by atoms with van der Waals surface area (Å²) in [6.45, 7) is 0. The van der Waals surface area contributed by atoms with Gasteiger partial charge in [0.25, 0.3) is 0 Å². The Kier molecular flexibility index (Phi) is 3.83. The zero-order valence-electron chi connectivity index (χ0n) is 9.99. The van der Waals surface area contributed by atoms with Crippen molar-refractivity contribution in [2.45, 2.75) is 44.1 Å². The van der Waals surface area contributed by atoms with E-state index in [0.29, 0.717) is 12.0 Å². The fourth-order valence-electron chi connectivity index (χ4n) is 2.56. The summed E-state index contributed by atoms with van der Waals surface area (Å²) in [6.07, 6.45) is 6.07. The van der Waals surface area contributed by atoms with Crippen LogP contribution in [0.1, 0.15) is 43.6 Å². The Bertz CT molecular complexity index is 337. The minimum absolute atomic E-state index is 0.413. The molecule has 2 heteroatoms. The van der Waals surface area contributed by atoms with Crippen molar-refractivity contribution in [1.29, 1.82) is 0 Å². The maximum absolute atomic E-state index is 6.01. The Morgan fingerprint density at radius 3 is 2.88 bits per heavy atom. The lowest BCUT2D eigenvalue weighted by atomic mass is 9.92. The lowest BCUT2D eigenvalue weighted by molar-refractivity contribution is 0.413. The van der Waals surface area contributed by atoms with Gasteiger partial charge in [-0.1, -0.05) is 18.6 Å². The summed E-state index contributed by atoms with van der Waals surface area (Å²) < 4.78 is 5.27. The van der Waals surface area contributed by atoms with E-state index in [1.54, 1.807) is 7.11 Å². The van der Waals surface area contributed by atoms with Crippen molar-refractivity contribution in [2.24, 2.45) is 5.73 Å². The molecule has 2 unspecified atom stereocenters. The highest BCUT2D eigenvalue weighted by Gasteiger charge is 2.18. The van der Waals surface area contributed by atoms with E-state index in [9.17, 15) is 0 Å². The first-order valence-electron chi connectivity index (χ1n) is 6.19. The Hall–Kier alpha value is -1.02. The molecule has 0 radical (unpaired) electrons. The number of methoxy groups -OCH3 is 1. The van der Waals surface area contributed by atoms with Gasteiger partial charge in [0.1, 0.15) is 5.75 Å². The molecule has 0 heterocycles. The summed E-state index contributed by atoms with van der Waals surface area (Å²) in [5.74, 6) is 1.63. The second-order valence-electron chi connectivity index (χ2n) is 4.74. The molecule has 0 amide bonds. The minimum atomic E-state index is 0.413. The number of hydrogen-bond acceptors (Lipinski definition) is 2. The third kappa shape index (κ3) is 2.76. The van der Waals surface area contributed by atoms with Gasteiger partial charge in [0.15, 0.2) is 0 Å². The smallest absolute Gasteiger partial charge is 0.119 e. The van der Waals surface area contributed by atoms with Crippen molar-refractivity contribution in [3.8, 4) is 5.75 Å². The number of hydrogen-bond donors (Lipinski definition) is 1. The highest BCUT2D eigenvalue weighted by molar-refractivity contribution is 5.30. The van der Waals surface area contributed by atoms with Gasteiger partial charge in [-0.3, -0.25) is 0 Å². The second-order valence-corrected chi connectivity index (χ2v) is 4.74. The average molecular weight is 219 g/mol. The lowest BCUT2D eigenvalue weighted by Crippen LogP contribution is -2.17. The molecule has 88 valence electrons. The molecule has 1 aromatic rings. The minimum Gasteiger partial charge on any atom is -0.497 e. The molecule has 2 N–H and O–H groups in total. The van der Waals surface area contributed by atoms with Crippen LogP contribution in [0.15, 0.2) is 24.3 Å². The summed E-state index contributed by atoms with van der Waals surface area (Å²) in [4.78, 5) is 0. The number of nitrogens with two attached hydrogens (primary N) is 1. The predicted molar refractivity (Wildman–Crippen MR) is 66.8 cm³/mol. The first-order valence-corrected chi connectivity index (χ1v) is 6.19. The molecule has 0 aromatic heterocycles. The van der Waals surface area contributed by atoms with E-state index in [2.05, 4.69) is 18.2 Å². The third-order valence-electron chi connectivity index (χ3n) is 3.58. The van der Waals surface area contributed by atoms with Crippen LogP contribution >= 0.6 is 0 Å². The predicted octanol–water partition coefficient (Wildman–Crippen LogP) is 3.07. The average Bonchev–Trinajstić information content (AvgIpc) is 2.54. The van der Waals surface area contributed by atoms with Gasteiger partial charge in [-0.25, -0.2) is 0 Å². The molecule has 2 atom stereocenters. The number of ether oxygens (including phenoxy) is 1. The molecule has 1 aromatic carbocycles. The molecule has 1 saturated carbocycles. The van der Waals surface area contributed by atoms with Gasteiger partial charge in [-0.05, 0) is 49.3 Å². The van der Waals surface area contributed by atoms with Gasteiger partial charge in [0, 0.05) is 6.04 Å². The Morgan fingerprint density at radius 1 is 1.19 bits per heavy atom. The van der Waals surface area contributed by atoms with Crippen LogP contribution in [0.3, 0.4) is 0 Å². The standard InChI is InChI=1S/C14H21NO/c1-16-14-7-3-5-12(10-14)11-4-2-6-13(15)9-8-11/h3,5,7,10-11,13H,2,4,6,8-9,15H2,1H3. The van der Waals surface area contributed by atoms with E-state index in [4.69, 9.17) is 10.5 Å². The van der Waals surface area contributed by atoms with Crippen molar-refractivity contribution in [2.75, 3.05) is 7.11 Å². The summed E-state index contributed by atoms with van der Waals surface area (Å²) >= 11 is 0. The first kappa shape index (κ1) is 11.5. The molecule has 2 nitrogen and oxygen atoms in total. The fraction of sp³-hybridized carbons (Fsp3) is 0.571. The van der Waals surface area contributed by atoms with Crippen LogP contribution in [0.2, 0.25) is 0 Å². The second kappa shape index (κ2) is 5.35. The van der Waals surface area contributed by atoms with Crippen molar-refractivity contribution in [1.82, 2.24) is 0 Å². The van der Waals surface area contributed by atoms with Crippen molar-refractivity contribution in [3.05, 3.63) is 29.8 Å². The van der Waals surface area contributed by atoms with E-state index in [1.165, 1.54) is 31.2 Å². The normalized spacial score (nSPS) is 26.1. The summed E-state index contributed by atoms with van der Waals surface area (Å²) in [5.41, 5.74) is 7.42. The monoisotopic (exact) mass is 219 g/mol. The van der Waals surface area contributed by atoms with E-state index in [1.807, 2.05) is 6.07 Å². The number of benzene rings is 1. The summed E-state index contributed by atoms with van der Waals surface area (Å²) in [6, 6.07) is 8.88. The van der Waals surface area contributed by atoms with Gasteiger partial charge < -0.3 is 10.5 Å². The summed E-state index contributed by atoms with van der Waals surface area (Å²) in [7, 11) is 1.72. The van der Waals surface area contributed by atoms with Gasteiger partial charge in [-0.15, -0.1) is 0 Å². The van der Waals surface area contributed by atoms with Crippen molar-refractivity contribution < 1.29 is 4.74 Å². The van der Waals surface area contributed by atoms with Crippen LogP contribution in [-0.4, -0.2) is 13.2 Å². The zero-order valence-corrected chi connectivity index (χ0v) is 9.99. The van der Waals surface area contributed by atoms with Crippen molar-refractivity contribution >= 4 is 0 Å². The highest BCUT2D eigenvalue weighted by atomic mass is 16.5. The van der Waals surface area contributed by atoms with Crippen LogP contribution < -0.4 is 10.5 Å². The number of rotatable bonds is 2. The lowest BCUT2D eigenvalue weighted by Gasteiger charge is -2.15. The molecule has 1 fully saturated rings. The maximum atomic E-state index is 6.01. The quantitative estimate of drug-likeness (QED) is 0.776. The molecule has 1 aliphatic rings. The van der Waals surface area contributed by atoms with Gasteiger partial charge in [-0.2, -0.15) is 0 Å². The highest BCUT2D eigenvalue weighted by Crippen LogP contribution is 2.32. The summed E-state index contributed by atoms with van der Waals surface area (Å²) in [5, 5.41) is 0. The molecule has 16 heavy (non-hydrogen) atoms. The molecule has 0 saturated heterocycles. The molecule has 0 spiro atoms. The van der Waals surface area contributed by atoms with E-state index < -0.39 is 0 Å². The molecule has 0 bridgehead atoms. The first-order chi connectivity index (χ1) is 7.79. The van der Waals surface area contributed by atoms with Crippen molar-refractivity contribution in [3.63, 3.8) is 0 Å². The van der Waals surface area contributed by atoms with Crippen LogP contribution in [0.5, 0.6) is 5.75 Å². The van der Waals surface area contributed by atoms with Crippen LogP contribution in [0.25, 0.3) is 0 Å². The topological polar surface area (TPSA) is 35.2 Å². The molecule has 0 aliphatic heterocycles. The van der Waals surface area contributed by atoms with Crippen LogP contribution in [0.4, 0.5) is 0 Å². The van der Waals surface area contributed by atoms with Gasteiger partial charge in [0.2, 0.25) is 0 Å². The van der Waals surface area contributed by atoms with Crippen LogP contribution in [0, 0.1) is 0 Å². The molecular formula is C14H21NO. The van der Waals surface area contributed by atoms with E-state index in [0.717, 1.165) is 12.2 Å². The third-order valence-corrected chi connectivity index (χ3v) is 3.58. The maximum Gasteiger partial charge on any atom is 0.119 e. The molecule has 2 rings (SSSR count). The Labute approximate surface area is 97.8 Å². The van der Waals surface area contributed by atoms with E-state index in [-0.39, 0.29) is 0 Å². The van der Waals surface area contributed by atoms with E-state index >= 15 is 0 Å². The van der Waals surface area contributed by atoms with Crippen LogP contribution in [-0.2, 0) is 0 Å². The SMILES string of the molecule is COc1cccc(C2CCCC(N)CC2)c1. The Morgan fingerprint density at radius 2 is 2.06 bits per heavy atom. The van der Waals surface area contributed by atoms with Gasteiger partial charge >= 0.3 is 0 Å². The zero-order chi connectivity index (χ0) is 11.4. The molecule has 1 aliphatic carbocycles. The molecular weight excluding hydrogens is 198 g/mol. The fourth-order valence-corrected chi connectivity index (χ4v) is 2.56. The Balaban J connectivity index is 2.10. The van der Waals surface area contributed by atoms with Gasteiger partial charge in [0.05, 0.1) is 7.11 Å². The largest absolute Gasteiger partial charge is 0.497 e.